The highest BCUT2D eigenvalue weighted by Crippen LogP contribution is 2.21. The Balaban J connectivity index is 3.17. The lowest BCUT2D eigenvalue weighted by molar-refractivity contribution is -0.147. The third-order valence-electron chi connectivity index (χ3n) is 9.26. The number of nitrogens with two attached hydrogens (primary N) is 1. The maximum Gasteiger partial charge on any atom is 0.328 e. The van der Waals surface area contributed by atoms with Gasteiger partial charge in [0.15, 0.2) is 0 Å². The van der Waals surface area contributed by atoms with Crippen molar-refractivity contribution in [3.8, 4) is 0 Å². The Morgan fingerprint density at radius 2 is 1.40 bits per heavy atom. The highest BCUT2D eigenvalue weighted by atomic mass is 16.5. The molecule has 0 aromatic carbocycles. The first-order valence-corrected chi connectivity index (χ1v) is 18.5. The number of ether oxygens (including phenoxy) is 1. The standard InChI is InChI=1S/C36H65N7O9/c1-11-22(8)31(35(50)41-30(21(6)7)36(51)52-10)42-34(49)27-13-12-14-43(27)18-28(45)24(15-19(2)3)39-33(48)26(17-29(37)46)40-32(47)25(16-20(4)5)38-23(9)44/h19-22,24-28,30-31,45H,11-18H2,1-10H3,(H2,37,46)(H,38,44)(H,39,48)(H,40,47)(H,41,50)(H,42,49)/t22-,24-,25-,26-,27-,28-,30-,31-/m0/s1. The zero-order chi connectivity index (χ0) is 39.9. The molecule has 0 spiro atoms. The third kappa shape index (κ3) is 15.4. The number of aliphatic hydroxyl groups is 1. The van der Waals surface area contributed by atoms with Gasteiger partial charge in [-0.1, -0.05) is 61.8 Å². The molecule has 1 aliphatic heterocycles. The lowest BCUT2D eigenvalue weighted by Crippen LogP contribution is -2.59. The van der Waals surface area contributed by atoms with Crippen molar-refractivity contribution in [2.75, 3.05) is 20.2 Å². The van der Waals surface area contributed by atoms with E-state index < -0.39 is 90.2 Å². The summed E-state index contributed by atoms with van der Waals surface area (Å²) in [5.74, 6) is -4.56. The number of nitrogens with zero attached hydrogens (tertiary/aromatic N) is 1. The van der Waals surface area contributed by atoms with E-state index in [9.17, 15) is 38.7 Å². The van der Waals surface area contributed by atoms with Gasteiger partial charge in [0.25, 0.3) is 0 Å². The number of rotatable bonds is 22. The molecule has 0 radical (unpaired) electrons. The van der Waals surface area contributed by atoms with Crippen LogP contribution >= 0.6 is 0 Å². The average molecular weight is 740 g/mol. The average Bonchev–Trinajstić information content (AvgIpc) is 3.51. The fourth-order valence-corrected chi connectivity index (χ4v) is 6.26. The summed E-state index contributed by atoms with van der Waals surface area (Å²) in [7, 11) is 1.24. The van der Waals surface area contributed by atoms with E-state index >= 15 is 0 Å². The summed E-state index contributed by atoms with van der Waals surface area (Å²) in [6.45, 7) is 16.6. The Labute approximate surface area is 308 Å². The smallest absolute Gasteiger partial charge is 0.328 e. The Bertz CT molecular complexity index is 1230. The number of likely N-dealkylation sites (tertiary alicyclic amines) is 1. The van der Waals surface area contributed by atoms with Crippen LogP contribution in [0.4, 0.5) is 0 Å². The molecule has 0 saturated carbocycles. The number of carbonyl (C=O) groups is 7. The summed E-state index contributed by atoms with van der Waals surface area (Å²) in [6.07, 6.45) is 0.683. The maximum atomic E-state index is 13.7. The van der Waals surface area contributed by atoms with Gasteiger partial charge in [-0.2, -0.15) is 0 Å². The first kappa shape index (κ1) is 46.2. The molecule has 1 rings (SSSR count). The van der Waals surface area contributed by atoms with E-state index in [-0.39, 0.29) is 30.2 Å². The van der Waals surface area contributed by atoms with Gasteiger partial charge in [0.2, 0.25) is 35.4 Å². The minimum absolute atomic E-state index is 0.0134. The molecular weight excluding hydrogens is 674 g/mol. The van der Waals surface area contributed by atoms with Gasteiger partial charge in [0.1, 0.15) is 24.2 Å². The topological polar surface area (TPSA) is 238 Å². The van der Waals surface area contributed by atoms with Crippen LogP contribution in [0.3, 0.4) is 0 Å². The Morgan fingerprint density at radius 1 is 0.808 bits per heavy atom. The first-order valence-electron chi connectivity index (χ1n) is 18.5. The maximum absolute atomic E-state index is 13.7. The SMILES string of the molecule is CC[C@H](C)[C@H](NC(=O)[C@@H]1CCCN1C[C@H](O)[C@H](CC(C)C)NC(=O)[C@H](CC(N)=O)NC(=O)[C@H](CC(C)C)NC(C)=O)C(=O)N[C@H](C(=O)OC)C(C)C. The Hall–Kier alpha value is -3.79. The van der Waals surface area contributed by atoms with Crippen LogP contribution in [0.25, 0.3) is 0 Å². The largest absolute Gasteiger partial charge is 0.467 e. The predicted molar refractivity (Wildman–Crippen MR) is 195 cm³/mol. The minimum Gasteiger partial charge on any atom is -0.467 e. The van der Waals surface area contributed by atoms with Gasteiger partial charge in [-0.3, -0.25) is 33.7 Å². The highest BCUT2D eigenvalue weighted by Gasteiger charge is 2.38. The van der Waals surface area contributed by atoms with Crippen LogP contribution in [-0.2, 0) is 38.3 Å². The number of nitrogens with one attached hydrogen (secondary N) is 5. The molecule has 52 heavy (non-hydrogen) atoms. The van der Waals surface area contributed by atoms with Crippen molar-refractivity contribution in [2.24, 2.45) is 29.4 Å². The summed E-state index contributed by atoms with van der Waals surface area (Å²) in [5.41, 5.74) is 5.43. The zero-order valence-corrected chi connectivity index (χ0v) is 32.7. The summed E-state index contributed by atoms with van der Waals surface area (Å²) < 4.78 is 4.85. The molecule has 298 valence electrons. The number of hydrogen-bond acceptors (Lipinski definition) is 10. The quantitative estimate of drug-likeness (QED) is 0.0740. The highest BCUT2D eigenvalue weighted by molar-refractivity contribution is 5.94. The van der Waals surface area contributed by atoms with Gasteiger partial charge in [0.05, 0.1) is 31.7 Å². The summed E-state index contributed by atoms with van der Waals surface area (Å²) in [4.78, 5) is 91.6. The number of esters is 1. The lowest BCUT2D eigenvalue weighted by Gasteiger charge is -2.33. The molecule has 1 fully saturated rings. The predicted octanol–water partition coefficient (Wildman–Crippen LogP) is 0.0983. The molecule has 1 heterocycles. The van der Waals surface area contributed by atoms with Crippen molar-refractivity contribution in [3.05, 3.63) is 0 Å². The van der Waals surface area contributed by atoms with Gasteiger partial charge in [-0.05, 0) is 55.9 Å². The Morgan fingerprint density at radius 3 is 1.90 bits per heavy atom. The number of hydrogen-bond donors (Lipinski definition) is 7. The van der Waals surface area contributed by atoms with E-state index in [0.717, 1.165) is 0 Å². The van der Waals surface area contributed by atoms with Crippen LogP contribution in [0.2, 0.25) is 0 Å². The normalized spacial score (nSPS) is 18.8. The van der Waals surface area contributed by atoms with E-state index in [0.29, 0.717) is 38.6 Å². The monoisotopic (exact) mass is 739 g/mol. The van der Waals surface area contributed by atoms with Gasteiger partial charge in [-0.15, -0.1) is 0 Å². The van der Waals surface area contributed by atoms with Crippen LogP contribution in [0.15, 0.2) is 0 Å². The summed E-state index contributed by atoms with van der Waals surface area (Å²) in [6, 6.07) is -5.60. The lowest BCUT2D eigenvalue weighted by atomic mass is 9.96. The van der Waals surface area contributed by atoms with Crippen LogP contribution in [0.1, 0.15) is 101 Å². The minimum atomic E-state index is -1.36. The second-order valence-electron chi connectivity index (χ2n) is 15.2. The first-order chi connectivity index (χ1) is 24.2. The number of amides is 6. The Kier molecular flexibility index (Phi) is 19.8. The third-order valence-corrected chi connectivity index (χ3v) is 9.26. The number of aliphatic hydroxyl groups excluding tert-OH is 1. The van der Waals surface area contributed by atoms with Gasteiger partial charge >= 0.3 is 5.97 Å². The fourth-order valence-electron chi connectivity index (χ4n) is 6.26. The van der Waals surface area contributed by atoms with E-state index in [1.165, 1.54) is 14.0 Å². The molecule has 8 N–H and O–H groups in total. The van der Waals surface area contributed by atoms with Crippen LogP contribution in [0.5, 0.6) is 0 Å². The molecule has 0 bridgehead atoms. The molecule has 16 nitrogen and oxygen atoms in total. The second kappa shape index (κ2) is 22.3. The molecule has 0 unspecified atom stereocenters. The molecule has 8 atom stereocenters. The molecule has 6 amide bonds. The van der Waals surface area contributed by atoms with Crippen molar-refractivity contribution >= 4 is 41.4 Å². The van der Waals surface area contributed by atoms with Crippen LogP contribution in [0, 0.1) is 23.7 Å². The summed E-state index contributed by atoms with van der Waals surface area (Å²) in [5, 5.41) is 25.0. The van der Waals surface area contributed by atoms with Crippen molar-refractivity contribution in [1.82, 2.24) is 31.5 Å². The fraction of sp³-hybridized carbons (Fsp3) is 0.806. The van der Waals surface area contributed by atoms with Gasteiger partial charge in [0, 0.05) is 13.5 Å². The molecular formula is C36H65N7O9. The molecule has 1 aliphatic rings. The molecule has 0 aromatic rings. The number of carbonyl (C=O) groups excluding carboxylic acids is 7. The number of primary amides is 1. The molecule has 0 aliphatic carbocycles. The van der Waals surface area contributed by atoms with Gasteiger partial charge < -0.3 is 42.2 Å². The van der Waals surface area contributed by atoms with Gasteiger partial charge in [-0.25, -0.2) is 4.79 Å². The van der Waals surface area contributed by atoms with Crippen molar-refractivity contribution in [2.45, 2.75) is 143 Å². The number of methoxy groups -OCH3 is 1. The van der Waals surface area contributed by atoms with Crippen molar-refractivity contribution < 1.29 is 43.4 Å². The van der Waals surface area contributed by atoms with E-state index in [4.69, 9.17) is 10.5 Å². The molecule has 0 aromatic heterocycles. The molecule has 16 heteroatoms. The van der Waals surface area contributed by atoms with Crippen LogP contribution in [-0.4, -0.2) is 114 Å². The van der Waals surface area contributed by atoms with Crippen molar-refractivity contribution in [3.63, 3.8) is 0 Å². The van der Waals surface area contributed by atoms with Crippen molar-refractivity contribution in [1.29, 1.82) is 0 Å². The van der Waals surface area contributed by atoms with E-state index in [2.05, 4.69) is 26.6 Å². The van der Waals surface area contributed by atoms with E-state index in [1.54, 1.807) is 13.8 Å². The zero-order valence-electron chi connectivity index (χ0n) is 32.7. The second-order valence-corrected chi connectivity index (χ2v) is 15.2. The van der Waals surface area contributed by atoms with E-state index in [1.807, 2.05) is 46.4 Å². The number of β-amino-alcohol motifs (C(OH)–C–C–N with tert-alkyl or cyclic N) is 1. The summed E-state index contributed by atoms with van der Waals surface area (Å²) >= 11 is 0. The van der Waals surface area contributed by atoms with Crippen LogP contribution < -0.4 is 32.3 Å². The molecule has 1 saturated heterocycles.